The molecule has 28 atom stereocenters. The highest BCUT2D eigenvalue weighted by Crippen LogP contribution is 2.91. The van der Waals surface area contributed by atoms with Crippen LogP contribution >= 0.6 is 0 Å². The third-order valence-electron chi connectivity index (χ3n) is 37.1. The number of aliphatic hydroxyl groups is 5. The van der Waals surface area contributed by atoms with Gasteiger partial charge in [0.1, 0.15) is 12.2 Å². The Bertz CT molecular complexity index is 3090. The molecule has 10 aliphatic carbocycles. The zero-order chi connectivity index (χ0) is 73.3. The van der Waals surface area contributed by atoms with Crippen LogP contribution in [0.2, 0.25) is 0 Å². The first kappa shape index (κ1) is 75.9. The summed E-state index contributed by atoms with van der Waals surface area (Å²) in [5.74, 6) is 3.51. The predicted octanol–water partition coefficient (Wildman–Crippen LogP) is 10.7. The zero-order valence-electron chi connectivity index (χ0n) is 67.3. The van der Waals surface area contributed by atoms with Crippen molar-refractivity contribution in [2.75, 3.05) is 98.6 Å². The van der Waals surface area contributed by atoms with Crippen LogP contribution < -0.4 is 0 Å². The van der Waals surface area contributed by atoms with E-state index in [0.29, 0.717) is 88.4 Å². The quantitative estimate of drug-likeness (QED) is 0.110. The summed E-state index contributed by atoms with van der Waals surface area (Å²) >= 11 is 0. The van der Waals surface area contributed by atoms with Crippen LogP contribution in [0, 0.1) is 101 Å². The molecule has 0 aromatic rings. The number of fused-ring (bicyclic) bond motifs is 8. The number of morpholine rings is 2. The minimum Gasteiger partial charge on any atom is -0.390 e. The maximum Gasteiger partial charge on any atom is 0.170 e. The molecule has 4 spiro atoms. The summed E-state index contributed by atoms with van der Waals surface area (Å²) in [5, 5.41) is 58.1. The summed E-state index contributed by atoms with van der Waals surface area (Å²) in [6, 6.07) is 2.54. The van der Waals surface area contributed by atoms with E-state index in [0.717, 1.165) is 104 Å². The molecule has 0 radical (unpaired) electrons. The molecule has 0 bridgehead atoms. The van der Waals surface area contributed by atoms with E-state index in [4.69, 9.17) is 42.6 Å². The Hall–Kier alpha value is -0.720. The molecule has 0 amide bonds. The van der Waals surface area contributed by atoms with Crippen molar-refractivity contribution < 1.29 is 68.2 Å². The van der Waals surface area contributed by atoms with E-state index in [2.05, 4.69) is 88.8 Å². The number of piperidine rings is 2. The van der Waals surface area contributed by atoms with Gasteiger partial charge in [0.15, 0.2) is 12.6 Å². The van der Waals surface area contributed by atoms with Crippen LogP contribution in [0.5, 0.6) is 0 Å². The third kappa shape index (κ3) is 11.1. The van der Waals surface area contributed by atoms with Crippen LogP contribution in [0.3, 0.4) is 0 Å². The Morgan fingerprint density at radius 1 is 0.471 bits per heavy atom. The number of hydrogen-bond donors (Lipinski definition) is 5. The summed E-state index contributed by atoms with van der Waals surface area (Å²) in [5.41, 5.74) is -1.27. The maximum atomic E-state index is 12.7. The normalized spacial score (nSPS) is 51.7. The molecule has 8 aliphatic heterocycles. The molecular formula is C86H144N4O14. The van der Waals surface area contributed by atoms with E-state index < -0.39 is 41.7 Å². The molecule has 18 rings (SSSR count). The van der Waals surface area contributed by atoms with Crippen molar-refractivity contribution in [3.8, 4) is 0 Å². The lowest BCUT2D eigenvalue weighted by Crippen LogP contribution is -2.60. The second-order valence-electron chi connectivity index (χ2n) is 42.5. The molecular weight excluding hydrogens is 1310 g/mol. The fraction of sp³-hybridized carbons (Fsp3) is 1.00. The average Bonchev–Trinajstić information content (AvgIpc) is 1.46. The van der Waals surface area contributed by atoms with Crippen LogP contribution in [0.4, 0.5) is 0 Å². The van der Waals surface area contributed by atoms with Gasteiger partial charge in [-0.2, -0.15) is 0 Å². The van der Waals surface area contributed by atoms with Crippen molar-refractivity contribution in [1.29, 1.82) is 0 Å². The van der Waals surface area contributed by atoms with E-state index in [1.165, 1.54) is 116 Å². The number of likely N-dealkylation sites (tertiary alicyclic amines) is 2. The number of hydrogen-bond acceptors (Lipinski definition) is 18. The Morgan fingerprint density at radius 2 is 0.865 bits per heavy atom. The van der Waals surface area contributed by atoms with Gasteiger partial charge in [0.05, 0.1) is 112 Å². The summed E-state index contributed by atoms with van der Waals surface area (Å²) in [6.45, 7) is 47.9. The average molecular weight is 1460 g/mol. The maximum absolute atomic E-state index is 12.7. The highest BCUT2D eigenvalue weighted by atomic mass is 16.7. The summed E-state index contributed by atoms with van der Waals surface area (Å²) in [4.78, 5) is 10.6. The molecule has 2 unspecified atom stereocenters. The van der Waals surface area contributed by atoms with Crippen LogP contribution in [-0.4, -0.2) is 253 Å². The molecule has 0 aromatic heterocycles. The van der Waals surface area contributed by atoms with Crippen LogP contribution in [0.25, 0.3) is 0 Å². The Kier molecular flexibility index (Phi) is 19.3. The predicted molar refractivity (Wildman–Crippen MR) is 397 cm³/mol. The monoisotopic (exact) mass is 1460 g/mol. The summed E-state index contributed by atoms with van der Waals surface area (Å²) < 4.78 is 57.7. The molecule has 592 valence electrons. The first-order valence-electron chi connectivity index (χ1n) is 43.2. The van der Waals surface area contributed by atoms with E-state index in [9.17, 15) is 25.5 Å². The van der Waals surface area contributed by atoms with Crippen molar-refractivity contribution in [1.82, 2.24) is 19.6 Å². The highest BCUT2D eigenvalue weighted by Gasteiger charge is 2.87. The van der Waals surface area contributed by atoms with Crippen molar-refractivity contribution >= 4 is 0 Å². The molecule has 18 heteroatoms. The Labute approximate surface area is 626 Å². The number of nitrogens with zero attached hydrogens (tertiary/aromatic N) is 4. The van der Waals surface area contributed by atoms with Crippen LogP contribution in [-0.2, 0) is 42.6 Å². The van der Waals surface area contributed by atoms with E-state index in [-0.39, 0.29) is 86.9 Å². The van der Waals surface area contributed by atoms with E-state index in [1.54, 1.807) is 13.8 Å². The van der Waals surface area contributed by atoms with Gasteiger partial charge < -0.3 is 68.2 Å². The van der Waals surface area contributed by atoms with Crippen molar-refractivity contribution in [2.24, 2.45) is 101 Å². The molecule has 10 saturated carbocycles. The lowest BCUT2D eigenvalue weighted by Gasteiger charge is -2.64. The highest BCUT2D eigenvalue weighted by molar-refractivity contribution is 5.35. The van der Waals surface area contributed by atoms with Gasteiger partial charge in [0, 0.05) is 81.9 Å². The largest absolute Gasteiger partial charge is 0.390 e. The van der Waals surface area contributed by atoms with Gasteiger partial charge in [0.25, 0.3) is 0 Å². The standard InChI is InChI=1S/C44H74N2O7.C42H70N2O7/c1-9-50-38(40(5,6)48)30-22-27(2)35-36(52-30)37(47)42(8)32-11-10-31-39(3,4)33(12-15-43(31)26-44(32,43)17-16-41(35,42)7)53-34-23-46(20-21-51-34)28-13-18-45(19-14-28)29-24-49-25-29;1-25-20-28(35(45)38(4,5)47)50-34-33(25)39(6)14-15-42-24-41(42)13-10-31(37(2,3)29(41)8-9-30(42)40(39,7)36(34)46)51-32-21-44(18-19-49-32)26-11-16-43(17-12-26)27-22-48-23-27/h27-38,47-48H,9-26H2,1-8H3;25-36,45-47H,8-24H2,1-7H3/t27-,30-,31+,32+,33+,34+,35+,36+,37+,38+,41-,42-,43?,44+;25-,28-,29+,30+,31+,32+,33+,34+,35+,36+,39-,40-,41?,42+/m11/s1. The molecule has 8 heterocycles. The molecule has 18 fully saturated rings. The summed E-state index contributed by atoms with van der Waals surface area (Å²) in [6.07, 6.45) is 19.9. The number of ether oxygens (including phenoxy) is 9. The van der Waals surface area contributed by atoms with Gasteiger partial charge >= 0.3 is 0 Å². The van der Waals surface area contributed by atoms with Gasteiger partial charge in [-0.05, 0) is 254 Å². The first-order valence-corrected chi connectivity index (χ1v) is 43.2. The van der Waals surface area contributed by atoms with Gasteiger partial charge in [0.2, 0.25) is 0 Å². The lowest BCUT2D eigenvalue weighted by molar-refractivity contribution is -0.252. The molecule has 8 saturated heterocycles. The van der Waals surface area contributed by atoms with Gasteiger partial charge in [-0.15, -0.1) is 0 Å². The summed E-state index contributed by atoms with van der Waals surface area (Å²) in [7, 11) is 0. The van der Waals surface area contributed by atoms with Crippen molar-refractivity contribution in [2.45, 2.75) is 341 Å². The minimum atomic E-state index is -1.24. The first-order chi connectivity index (χ1) is 49.2. The fourth-order valence-corrected chi connectivity index (χ4v) is 31.5. The van der Waals surface area contributed by atoms with Crippen molar-refractivity contribution in [3.63, 3.8) is 0 Å². The Morgan fingerprint density at radius 3 is 1.25 bits per heavy atom. The molecule has 18 aliphatic rings. The van der Waals surface area contributed by atoms with Gasteiger partial charge in [-0.3, -0.25) is 19.6 Å². The van der Waals surface area contributed by atoms with E-state index in [1.807, 2.05) is 20.8 Å². The zero-order valence-corrected chi connectivity index (χ0v) is 67.3. The fourth-order valence-electron chi connectivity index (χ4n) is 31.5. The van der Waals surface area contributed by atoms with E-state index >= 15 is 0 Å². The molecule has 18 nitrogen and oxygen atoms in total. The molecule has 0 aromatic carbocycles. The lowest BCUT2D eigenvalue weighted by atomic mass is 9.41. The van der Waals surface area contributed by atoms with Crippen molar-refractivity contribution in [3.05, 3.63) is 0 Å². The smallest absolute Gasteiger partial charge is 0.170 e. The topological polar surface area (TPSA) is 197 Å². The minimum absolute atomic E-state index is 0.0179. The van der Waals surface area contributed by atoms with Gasteiger partial charge in [-0.1, -0.05) is 69.2 Å². The van der Waals surface area contributed by atoms with Crippen LogP contribution in [0.15, 0.2) is 0 Å². The third-order valence-corrected chi connectivity index (χ3v) is 37.1. The number of rotatable bonds is 14. The second-order valence-corrected chi connectivity index (χ2v) is 42.5. The Balaban J connectivity index is 0.000000154. The SMILES string of the molecule is CCO[C@@H]([C@H]1C[C@@H](C)[C@H]2[C@H](O1)[C@H](O)[C@@]1(C)[C@@H]3CC[C@H]4C(C)(C)[C@@H](O[C@H]5CN(C6CCN(C7COC7)CC6)CCO5)CCC45C[C@@]35CC[C@]21C)C(C)(C)O.C[C@@H]1C[C@H]([C@H](O)C(C)(C)O)O[C@H]2[C@H]1[C@@]1(C)CC[C@@]34CC35CC[C@H](O[C@H]3CN(C6CCN(C7COC7)CC6)CCO3)C(C)(C)[C@@H]5CC[C@H]4[C@]1(C)[C@H]2O. The molecule has 104 heavy (non-hydrogen) atoms. The number of aliphatic hydroxyl groups excluding tert-OH is 3. The van der Waals surface area contributed by atoms with Crippen LogP contribution in [0.1, 0.15) is 232 Å². The second kappa shape index (κ2) is 26.4. The van der Waals surface area contributed by atoms with Gasteiger partial charge in [-0.25, -0.2) is 0 Å². The molecule has 5 N–H and O–H groups in total.